The van der Waals surface area contributed by atoms with Gasteiger partial charge >= 0.3 is 0 Å². The lowest BCUT2D eigenvalue weighted by Crippen LogP contribution is -2.21. The molecule has 1 N–H and O–H groups in total. The highest BCUT2D eigenvalue weighted by atomic mass is 32.1. The molecule has 1 aromatic carbocycles. The van der Waals surface area contributed by atoms with E-state index >= 15 is 0 Å². The Morgan fingerprint density at radius 1 is 1.19 bits per heavy atom. The quantitative estimate of drug-likeness (QED) is 0.801. The standard InChI is InChI=1S/C14H13N5OS/c1-15-14-17-16-12(21-14)10-8-11(18-19(2)13(10)20)9-6-4-3-5-7-9/h3-8H,1-2H3,(H,15,17). The molecule has 7 heteroatoms. The Labute approximate surface area is 125 Å². The summed E-state index contributed by atoms with van der Waals surface area (Å²) in [4.78, 5) is 12.3. The van der Waals surface area contributed by atoms with Crippen molar-refractivity contribution in [1.29, 1.82) is 0 Å². The van der Waals surface area contributed by atoms with Gasteiger partial charge in [0.2, 0.25) is 5.13 Å². The van der Waals surface area contributed by atoms with E-state index in [1.807, 2.05) is 30.3 Å². The van der Waals surface area contributed by atoms with Crippen LogP contribution in [0.3, 0.4) is 0 Å². The van der Waals surface area contributed by atoms with E-state index in [2.05, 4.69) is 20.6 Å². The van der Waals surface area contributed by atoms with Gasteiger partial charge in [0.1, 0.15) is 0 Å². The number of benzene rings is 1. The van der Waals surface area contributed by atoms with Crippen LogP contribution in [0.15, 0.2) is 41.2 Å². The van der Waals surface area contributed by atoms with E-state index in [9.17, 15) is 4.79 Å². The molecule has 3 aromatic rings. The first-order valence-corrected chi connectivity index (χ1v) is 7.16. The fraction of sp³-hybridized carbons (Fsp3) is 0.143. The Bertz CT molecular complexity index is 825. The largest absolute Gasteiger partial charge is 0.363 e. The van der Waals surface area contributed by atoms with Gasteiger partial charge in [-0.2, -0.15) is 5.10 Å². The Morgan fingerprint density at radius 3 is 2.62 bits per heavy atom. The first-order chi connectivity index (χ1) is 10.2. The minimum absolute atomic E-state index is 0.187. The summed E-state index contributed by atoms with van der Waals surface area (Å²) in [6.07, 6.45) is 0. The fourth-order valence-electron chi connectivity index (χ4n) is 1.94. The number of nitrogens with one attached hydrogen (secondary N) is 1. The predicted molar refractivity (Wildman–Crippen MR) is 83.4 cm³/mol. The van der Waals surface area contributed by atoms with Gasteiger partial charge in [0, 0.05) is 19.7 Å². The lowest BCUT2D eigenvalue weighted by atomic mass is 10.1. The van der Waals surface area contributed by atoms with Crippen LogP contribution in [0.5, 0.6) is 0 Å². The molecule has 0 atom stereocenters. The lowest BCUT2D eigenvalue weighted by Gasteiger charge is -2.05. The number of hydrogen-bond acceptors (Lipinski definition) is 6. The molecule has 21 heavy (non-hydrogen) atoms. The molecule has 0 saturated carbocycles. The molecule has 0 aliphatic heterocycles. The number of aryl methyl sites for hydroxylation is 1. The van der Waals surface area contributed by atoms with E-state index < -0.39 is 0 Å². The van der Waals surface area contributed by atoms with Crippen LogP contribution in [0.2, 0.25) is 0 Å². The van der Waals surface area contributed by atoms with Crippen molar-refractivity contribution >= 4 is 16.5 Å². The van der Waals surface area contributed by atoms with Crippen LogP contribution < -0.4 is 10.9 Å². The molecule has 106 valence electrons. The smallest absolute Gasteiger partial charge is 0.276 e. The minimum atomic E-state index is -0.187. The Hall–Kier alpha value is -2.54. The van der Waals surface area contributed by atoms with Crippen LogP contribution >= 0.6 is 11.3 Å². The summed E-state index contributed by atoms with van der Waals surface area (Å²) in [5.41, 5.74) is 2.00. The molecule has 0 aliphatic carbocycles. The van der Waals surface area contributed by atoms with E-state index in [-0.39, 0.29) is 5.56 Å². The predicted octanol–water partition coefficient (Wildman–Crippen LogP) is 2.01. The van der Waals surface area contributed by atoms with E-state index in [4.69, 9.17) is 0 Å². The van der Waals surface area contributed by atoms with Gasteiger partial charge in [0.25, 0.3) is 5.56 Å². The number of anilines is 1. The highest BCUT2D eigenvalue weighted by Gasteiger charge is 2.14. The van der Waals surface area contributed by atoms with Crippen molar-refractivity contribution in [3.8, 4) is 21.8 Å². The molecule has 2 aromatic heterocycles. The van der Waals surface area contributed by atoms with Crippen LogP contribution in [-0.2, 0) is 7.05 Å². The fourth-order valence-corrected chi connectivity index (χ4v) is 2.65. The molecule has 2 heterocycles. The second-order valence-corrected chi connectivity index (χ2v) is 5.38. The van der Waals surface area contributed by atoms with Crippen molar-refractivity contribution in [2.24, 2.45) is 7.05 Å². The average molecular weight is 299 g/mol. The maximum atomic E-state index is 12.3. The van der Waals surface area contributed by atoms with Crippen molar-refractivity contribution < 1.29 is 0 Å². The van der Waals surface area contributed by atoms with Crippen molar-refractivity contribution in [2.45, 2.75) is 0 Å². The zero-order valence-corrected chi connectivity index (χ0v) is 12.4. The summed E-state index contributed by atoms with van der Waals surface area (Å²) in [6, 6.07) is 11.5. The average Bonchev–Trinajstić information content (AvgIpc) is 2.99. The van der Waals surface area contributed by atoms with Crippen LogP contribution in [0, 0.1) is 0 Å². The lowest BCUT2D eigenvalue weighted by molar-refractivity contribution is 0.714. The van der Waals surface area contributed by atoms with Crippen LogP contribution in [-0.4, -0.2) is 27.0 Å². The van der Waals surface area contributed by atoms with Gasteiger partial charge in [0.05, 0.1) is 11.3 Å². The summed E-state index contributed by atoms with van der Waals surface area (Å²) in [6.45, 7) is 0. The van der Waals surface area contributed by atoms with Gasteiger partial charge in [-0.3, -0.25) is 4.79 Å². The SMILES string of the molecule is CNc1nnc(-c2cc(-c3ccccc3)nn(C)c2=O)s1. The molecule has 0 unspecified atom stereocenters. The number of hydrogen-bond donors (Lipinski definition) is 1. The topological polar surface area (TPSA) is 72.7 Å². The molecular weight excluding hydrogens is 286 g/mol. The number of nitrogens with zero attached hydrogens (tertiary/aromatic N) is 4. The third-order valence-electron chi connectivity index (χ3n) is 3.00. The minimum Gasteiger partial charge on any atom is -0.363 e. The van der Waals surface area contributed by atoms with E-state index in [1.165, 1.54) is 16.0 Å². The van der Waals surface area contributed by atoms with Crippen LogP contribution in [0.4, 0.5) is 5.13 Å². The Balaban J connectivity index is 2.17. The van der Waals surface area contributed by atoms with E-state index in [0.29, 0.717) is 15.7 Å². The van der Waals surface area contributed by atoms with Crippen molar-refractivity contribution in [1.82, 2.24) is 20.0 Å². The second-order valence-electron chi connectivity index (χ2n) is 4.40. The number of rotatable bonds is 3. The van der Waals surface area contributed by atoms with Crippen molar-refractivity contribution in [3.05, 3.63) is 46.8 Å². The van der Waals surface area contributed by atoms with Gasteiger partial charge in [-0.1, -0.05) is 41.7 Å². The van der Waals surface area contributed by atoms with Gasteiger partial charge in [-0.15, -0.1) is 10.2 Å². The first kappa shape index (κ1) is 13.4. The normalized spacial score (nSPS) is 10.6. The molecule has 0 fully saturated rings. The molecule has 6 nitrogen and oxygen atoms in total. The molecule has 0 spiro atoms. The third kappa shape index (κ3) is 2.55. The van der Waals surface area contributed by atoms with Crippen LogP contribution in [0.25, 0.3) is 21.8 Å². The zero-order chi connectivity index (χ0) is 14.8. The van der Waals surface area contributed by atoms with Crippen molar-refractivity contribution in [3.63, 3.8) is 0 Å². The van der Waals surface area contributed by atoms with Crippen molar-refractivity contribution in [2.75, 3.05) is 12.4 Å². The maximum Gasteiger partial charge on any atom is 0.276 e. The van der Waals surface area contributed by atoms with Crippen LogP contribution in [0.1, 0.15) is 0 Å². The zero-order valence-electron chi connectivity index (χ0n) is 11.6. The molecule has 0 aliphatic rings. The first-order valence-electron chi connectivity index (χ1n) is 6.34. The van der Waals surface area contributed by atoms with Gasteiger partial charge < -0.3 is 5.32 Å². The molecule has 0 saturated heterocycles. The molecule has 3 rings (SSSR count). The van der Waals surface area contributed by atoms with E-state index in [1.54, 1.807) is 20.2 Å². The third-order valence-corrected chi connectivity index (χ3v) is 3.98. The Morgan fingerprint density at radius 2 is 1.95 bits per heavy atom. The summed E-state index contributed by atoms with van der Waals surface area (Å²) < 4.78 is 1.33. The molecule has 0 bridgehead atoms. The summed E-state index contributed by atoms with van der Waals surface area (Å²) >= 11 is 1.34. The van der Waals surface area contributed by atoms with Gasteiger partial charge in [0.15, 0.2) is 5.01 Å². The Kier molecular flexibility index (Phi) is 3.49. The summed E-state index contributed by atoms with van der Waals surface area (Å²) in [5.74, 6) is 0. The maximum absolute atomic E-state index is 12.3. The monoisotopic (exact) mass is 299 g/mol. The summed E-state index contributed by atoms with van der Waals surface area (Å²) in [7, 11) is 3.41. The highest BCUT2D eigenvalue weighted by Crippen LogP contribution is 2.26. The molecular formula is C14H13N5OS. The second kappa shape index (κ2) is 5.45. The highest BCUT2D eigenvalue weighted by molar-refractivity contribution is 7.18. The van der Waals surface area contributed by atoms with Gasteiger partial charge in [-0.25, -0.2) is 4.68 Å². The van der Waals surface area contributed by atoms with Gasteiger partial charge in [-0.05, 0) is 6.07 Å². The van der Waals surface area contributed by atoms with E-state index in [0.717, 1.165) is 11.3 Å². The molecule has 0 amide bonds. The summed E-state index contributed by atoms with van der Waals surface area (Å²) in [5, 5.41) is 16.5. The number of aromatic nitrogens is 4. The molecule has 0 radical (unpaired) electrons.